The molecule has 0 aliphatic heterocycles. The smallest absolute Gasteiger partial charge is 0.410 e. The molecule has 35 heavy (non-hydrogen) atoms. The Balaban J connectivity index is 1.79. The van der Waals surface area contributed by atoms with Crippen LogP contribution in [0.3, 0.4) is 0 Å². The Kier molecular flexibility index (Phi) is 8.00. The average Bonchev–Trinajstić information content (AvgIpc) is 2.80. The molecule has 7 heteroatoms. The third kappa shape index (κ3) is 6.26. The summed E-state index contributed by atoms with van der Waals surface area (Å²) in [6.45, 7) is 14.0. The van der Waals surface area contributed by atoms with Crippen LogP contribution < -0.4 is 4.31 Å². The Bertz CT molecular complexity index is 1160. The van der Waals surface area contributed by atoms with Gasteiger partial charge in [0.15, 0.2) is 0 Å². The van der Waals surface area contributed by atoms with Crippen LogP contribution in [0, 0.1) is 0 Å². The van der Waals surface area contributed by atoms with Crippen molar-refractivity contribution in [3.63, 3.8) is 0 Å². The maximum atomic E-state index is 13.2. The zero-order chi connectivity index (χ0) is 26.0. The largest absolute Gasteiger partial charge is 0.444 e. The third-order valence-electron chi connectivity index (χ3n) is 6.36. The van der Waals surface area contributed by atoms with Gasteiger partial charge in [-0.25, -0.2) is 13.2 Å². The summed E-state index contributed by atoms with van der Waals surface area (Å²) in [5, 5.41) is 0. The normalized spacial score (nSPS) is 15.9. The van der Waals surface area contributed by atoms with E-state index in [2.05, 4.69) is 20.4 Å². The summed E-state index contributed by atoms with van der Waals surface area (Å²) in [7, 11) is -2.08. The van der Waals surface area contributed by atoms with Crippen molar-refractivity contribution in [2.45, 2.75) is 76.3 Å². The Morgan fingerprint density at radius 3 is 2.37 bits per heavy atom. The molecule has 0 saturated heterocycles. The number of hydrogen-bond acceptors (Lipinski definition) is 4. The van der Waals surface area contributed by atoms with Gasteiger partial charge in [-0.15, -0.1) is 6.58 Å². The van der Waals surface area contributed by atoms with Gasteiger partial charge < -0.3 is 9.64 Å². The van der Waals surface area contributed by atoms with E-state index in [0.29, 0.717) is 24.6 Å². The molecule has 0 N–H and O–H groups in total. The number of carbonyl (C=O) groups excluding carboxylic acids is 1. The lowest BCUT2D eigenvalue weighted by atomic mass is 9.87. The van der Waals surface area contributed by atoms with Gasteiger partial charge >= 0.3 is 6.09 Å². The van der Waals surface area contributed by atoms with Crippen molar-refractivity contribution in [3.8, 4) is 0 Å². The van der Waals surface area contributed by atoms with Crippen LogP contribution in [0.15, 0.2) is 60.0 Å². The fourth-order valence-electron chi connectivity index (χ4n) is 4.34. The highest BCUT2D eigenvalue weighted by Crippen LogP contribution is 2.31. The highest BCUT2D eigenvalue weighted by Gasteiger charge is 2.31. The van der Waals surface area contributed by atoms with Gasteiger partial charge in [0, 0.05) is 19.6 Å². The molecule has 3 rings (SSSR count). The molecule has 0 fully saturated rings. The van der Waals surface area contributed by atoms with Crippen molar-refractivity contribution in [1.82, 2.24) is 4.90 Å². The molecule has 0 aromatic heterocycles. The molecule has 2 aromatic carbocycles. The average molecular weight is 499 g/mol. The topological polar surface area (TPSA) is 66.9 Å². The number of hydrogen-bond donors (Lipinski definition) is 0. The van der Waals surface area contributed by atoms with Crippen LogP contribution in [0.4, 0.5) is 10.5 Å². The fourth-order valence-corrected chi connectivity index (χ4v) is 5.53. The summed E-state index contributed by atoms with van der Waals surface area (Å²) in [6, 6.07) is 12.9. The molecule has 1 atom stereocenters. The molecule has 1 aliphatic rings. The molecule has 0 radical (unpaired) electrons. The summed E-state index contributed by atoms with van der Waals surface area (Å²) in [5.74, 6) is 0.340. The van der Waals surface area contributed by atoms with E-state index in [1.165, 1.54) is 4.31 Å². The molecular weight excluding hydrogens is 460 g/mol. The number of sulfonamides is 1. The highest BCUT2D eigenvalue weighted by molar-refractivity contribution is 7.92. The van der Waals surface area contributed by atoms with E-state index in [0.717, 1.165) is 29.5 Å². The molecule has 190 valence electrons. The Morgan fingerprint density at radius 2 is 1.80 bits per heavy atom. The molecular formula is C28H38N2O4S. The fraction of sp³-hybridized carbons (Fsp3) is 0.464. The first-order chi connectivity index (χ1) is 16.3. The molecule has 1 amide bonds. The van der Waals surface area contributed by atoms with Gasteiger partial charge in [-0.3, -0.25) is 4.31 Å². The third-order valence-corrected chi connectivity index (χ3v) is 8.16. The van der Waals surface area contributed by atoms with Crippen LogP contribution in [-0.2, 0) is 27.6 Å². The summed E-state index contributed by atoms with van der Waals surface area (Å²) in [4.78, 5) is 14.8. The minimum Gasteiger partial charge on any atom is -0.444 e. The number of rotatable bonds is 7. The number of fused-ring (bicyclic) bond motifs is 1. The highest BCUT2D eigenvalue weighted by atomic mass is 32.2. The lowest BCUT2D eigenvalue weighted by Crippen LogP contribution is -2.45. The number of ether oxygens (including phenoxy) is 1. The van der Waals surface area contributed by atoms with Gasteiger partial charge in [0.05, 0.1) is 10.6 Å². The van der Waals surface area contributed by atoms with Crippen LogP contribution in [0.2, 0.25) is 0 Å². The molecule has 6 nitrogen and oxygen atoms in total. The molecule has 1 aliphatic carbocycles. The second-order valence-electron chi connectivity index (χ2n) is 10.5. The van der Waals surface area contributed by atoms with E-state index < -0.39 is 15.6 Å². The molecule has 0 spiro atoms. The van der Waals surface area contributed by atoms with Gasteiger partial charge in [-0.2, -0.15) is 0 Å². The van der Waals surface area contributed by atoms with E-state index in [-0.39, 0.29) is 17.0 Å². The first-order valence-corrected chi connectivity index (χ1v) is 13.6. The Morgan fingerprint density at radius 1 is 1.14 bits per heavy atom. The number of carbonyl (C=O) groups is 1. The minimum absolute atomic E-state index is 0.00198. The van der Waals surface area contributed by atoms with E-state index >= 15 is 0 Å². The van der Waals surface area contributed by atoms with Crippen LogP contribution in [0.5, 0.6) is 0 Å². The van der Waals surface area contributed by atoms with Gasteiger partial charge in [0.2, 0.25) is 0 Å². The Labute approximate surface area is 210 Å². The summed E-state index contributed by atoms with van der Waals surface area (Å²) in [6.07, 6.45) is 3.60. The van der Waals surface area contributed by atoms with E-state index in [1.54, 1.807) is 30.2 Å². The molecule has 0 bridgehead atoms. The summed E-state index contributed by atoms with van der Waals surface area (Å²) in [5.41, 5.74) is 3.40. The van der Waals surface area contributed by atoms with Crippen molar-refractivity contribution in [1.29, 1.82) is 0 Å². The van der Waals surface area contributed by atoms with Gasteiger partial charge in [-0.1, -0.05) is 38.1 Å². The molecule has 0 unspecified atom stereocenters. The van der Waals surface area contributed by atoms with Crippen molar-refractivity contribution < 1.29 is 17.9 Å². The first kappa shape index (κ1) is 26.8. The lowest BCUT2D eigenvalue weighted by Gasteiger charge is -2.36. The number of anilines is 1. The van der Waals surface area contributed by atoms with Gasteiger partial charge in [-0.05, 0) is 86.9 Å². The molecule has 2 aromatic rings. The van der Waals surface area contributed by atoms with E-state index in [1.807, 2.05) is 51.1 Å². The number of nitrogens with zero attached hydrogens (tertiary/aromatic N) is 2. The summed E-state index contributed by atoms with van der Waals surface area (Å²) >= 11 is 0. The maximum absolute atomic E-state index is 13.2. The van der Waals surface area contributed by atoms with E-state index in [9.17, 15) is 13.2 Å². The zero-order valence-electron chi connectivity index (χ0n) is 21.7. The standard InChI is InChI=1S/C28H38N2O4S/c1-8-17-30(27(31)34-28(4,5)6)25-14-10-22-18-24(13-9-23(22)19-25)29(7)35(32,33)26-15-11-21(12-16-26)20(2)3/h8-9,11-13,15-16,18,20,25H,1,10,14,17,19H2,2-7H3/t25-/m0/s1. The van der Waals surface area contributed by atoms with Crippen molar-refractivity contribution in [2.75, 3.05) is 17.9 Å². The van der Waals surface area contributed by atoms with Crippen molar-refractivity contribution in [2.24, 2.45) is 0 Å². The zero-order valence-corrected chi connectivity index (χ0v) is 22.6. The van der Waals surface area contributed by atoms with Crippen LogP contribution in [0.1, 0.15) is 63.6 Å². The monoisotopic (exact) mass is 498 g/mol. The van der Waals surface area contributed by atoms with E-state index in [4.69, 9.17) is 4.74 Å². The van der Waals surface area contributed by atoms with Gasteiger partial charge in [0.25, 0.3) is 10.0 Å². The van der Waals surface area contributed by atoms with Gasteiger partial charge in [0.1, 0.15) is 5.60 Å². The quantitative estimate of drug-likeness (QED) is 0.445. The van der Waals surface area contributed by atoms with Crippen molar-refractivity contribution in [3.05, 3.63) is 71.8 Å². The van der Waals surface area contributed by atoms with Crippen LogP contribution in [0.25, 0.3) is 0 Å². The minimum atomic E-state index is -3.67. The predicted octanol–water partition coefficient (Wildman–Crippen LogP) is 5.92. The molecule has 0 saturated carbocycles. The number of benzene rings is 2. The Hall–Kier alpha value is -2.80. The lowest BCUT2D eigenvalue weighted by molar-refractivity contribution is 0.0174. The van der Waals surface area contributed by atoms with Crippen LogP contribution >= 0.6 is 0 Å². The van der Waals surface area contributed by atoms with Crippen molar-refractivity contribution >= 4 is 21.8 Å². The van der Waals surface area contributed by atoms with Crippen LogP contribution in [-0.4, -0.2) is 44.6 Å². The molecule has 0 heterocycles. The predicted molar refractivity (Wildman–Crippen MR) is 142 cm³/mol. The maximum Gasteiger partial charge on any atom is 0.410 e. The SMILES string of the molecule is C=CCN(C(=O)OC(C)(C)C)[C@H]1CCc2cc(N(C)S(=O)(=O)c3ccc(C(C)C)cc3)ccc2C1. The second-order valence-corrected chi connectivity index (χ2v) is 12.4. The first-order valence-electron chi connectivity index (χ1n) is 12.1. The second kappa shape index (κ2) is 10.4. The number of amides is 1. The summed E-state index contributed by atoms with van der Waals surface area (Å²) < 4.78 is 33.4. The number of aryl methyl sites for hydroxylation is 1.